The molecule has 13 heavy (non-hydrogen) atoms. The Kier molecular flexibility index (Phi) is 4.33. The fraction of sp³-hybridized carbons (Fsp3) is 0.200. The summed E-state index contributed by atoms with van der Waals surface area (Å²) in [5, 5.41) is 3.95. The molecular formula is C10H11BrClN. The molecule has 1 aromatic rings. The molecule has 70 valence electrons. The first-order valence-corrected chi connectivity index (χ1v) is 5.21. The summed E-state index contributed by atoms with van der Waals surface area (Å²) in [6, 6.07) is 5.75. The molecule has 0 spiro atoms. The van der Waals surface area contributed by atoms with Gasteiger partial charge in [-0.25, -0.2) is 0 Å². The van der Waals surface area contributed by atoms with Crippen LogP contribution in [0.4, 0.5) is 5.69 Å². The van der Waals surface area contributed by atoms with Gasteiger partial charge in [-0.1, -0.05) is 39.7 Å². The Bertz CT molecular complexity index is 310. The number of hydrogen-bond donors (Lipinski definition) is 1. The largest absolute Gasteiger partial charge is 0.380 e. The molecule has 0 saturated carbocycles. The van der Waals surface area contributed by atoms with E-state index in [1.165, 1.54) is 0 Å². The van der Waals surface area contributed by atoms with E-state index in [0.29, 0.717) is 0 Å². The molecule has 0 bridgehead atoms. The standard InChI is InChI=1S/C10H11BrClN/c1-2-3-6-13-10-7-8(11)4-5-9(10)12/h2-5,7,13H,6H2,1H3/b3-2+. The van der Waals surface area contributed by atoms with Crippen LogP contribution in [0.3, 0.4) is 0 Å². The third-order valence-corrected chi connectivity index (χ3v) is 2.40. The molecule has 0 saturated heterocycles. The van der Waals surface area contributed by atoms with E-state index in [4.69, 9.17) is 11.6 Å². The van der Waals surface area contributed by atoms with Gasteiger partial charge in [-0.2, -0.15) is 0 Å². The third kappa shape index (κ3) is 3.41. The summed E-state index contributed by atoms with van der Waals surface area (Å²) < 4.78 is 1.03. The zero-order valence-corrected chi connectivity index (χ0v) is 9.69. The average Bonchev–Trinajstić information content (AvgIpc) is 2.11. The maximum absolute atomic E-state index is 5.97. The Hall–Kier alpha value is -0.470. The van der Waals surface area contributed by atoms with Gasteiger partial charge in [-0.3, -0.25) is 0 Å². The zero-order chi connectivity index (χ0) is 9.68. The summed E-state index contributed by atoms with van der Waals surface area (Å²) in [6.45, 7) is 2.79. The molecule has 1 N–H and O–H groups in total. The lowest BCUT2D eigenvalue weighted by molar-refractivity contribution is 1.32. The van der Waals surface area contributed by atoms with Crippen molar-refractivity contribution in [3.8, 4) is 0 Å². The minimum Gasteiger partial charge on any atom is -0.380 e. The molecule has 3 heteroatoms. The highest BCUT2D eigenvalue weighted by Crippen LogP contribution is 2.25. The van der Waals surface area contributed by atoms with Crippen LogP contribution in [-0.4, -0.2) is 6.54 Å². The molecule has 0 amide bonds. The van der Waals surface area contributed by atoms with Gasteiger partial charge in [0.2, 0.25) is 0 Å². The Balaban J connectivity index is 2.69. The quantitative estimate of drug-likeness (QED) is 0.807. The van der Waals surface area contributed by atoms with Gasteiger partial charge in [0.25, 0.3) is 0 Å². The Morgan fingerprint density at radius 2 is 2.31 bits per heavy atom. The van der Waals surface area contributed by atoms with Crippen LogP contribution in [-0.2, 0) is 0 Å². The van der Waals surface area contributed by atoms with Gasteiger partial charge in [0, 0.05) is 11.0 Å². The van der Waals surface area contributed by atoms with Crippen molar-refractivity contribution in [3.63, 3.8) is 0 Å². The van der Waals surface area contributed by atoms with E-state index in [9.17, 15) is 0 Å². The van der Waals surface area contributed by atoms with Crippen molar-refractivity contribution >= 4 is 33.2 Å². The highest BCUT2D eigenvalue weighted by molar-refractivity contribution is 9.10. The molecule has 0 unspecified atom stereocenters. The Labute approximate surface area is 91.9 Å². The average molecular weight is 261 g/mol. The molecule has 0 aliphatic rings. The molecule has 0 atom stereocenters. The summed E-state index contributed by atoms with van der Waals surface area (Å²) in [5.74, 6) is 0. The lowest BCUT2D eigenvalue weighted by Gasteiger charge is -2.05. The highest BCUT2D eigenvalue weighted by atomic mass is 79.9. The monoisotopic (exact) mass is 259 g/mol. The van der Waals surface area contributed by atoms with Crippen molar-refractivity contribution in [2.45, 2.75) is 6.92 Å². The van der Waals surface area contributed by atoms with Crippen LogP contribution in [0.25, 0.3) is 0 Å². The van der Waals surface area contributed by atoms with Crippen LogP contribution in [0, 0.1) is 0 Å². The van der Waals surface area contributed by atoms with Gasteiger partial charge in [0.15, 0.2) is 0 Å². The van der Waals surface area contributed by atoms with Gasteiger partial charge in [0.05, 0.1) is 10.7 Å². The van der Waals surface area contributed by atoms with Crippen molar-refractivity contribution < 1.29 is 0 Å². The van der Waals surface area contributed by atoms with E-state index >= 15 is 0 Å². The van der Waals surface area contributed by atoms with Crippen LogP contribution in [0.1, 0.15) is 6.92 Å². The third-order valence-electron chi connectivity index (χ3n) is 1.57. The Morgan fingerprint density at radius 1 is 1.54 bits per heavy atom. The number of benzene rings is 1. The number of nitrogens with one attached hydrogen (secondary N) is 1. The van der Waals surface area contributed by atoms with Crippen molar-refractivity contribution in [2.75, 3.05) is 11.9 Å². The maximum atomic E-state index is 5.97. The number of anilines is 1. The first kappa shape index (κ1) is 10.6. The second-order valence-corrected chi connectivity index (χ2v) is 3.90. The summed E-state index contributed by atoms with van der Waals surface area (Å²) in [5.41, 5.74) is 0.953. The predicted octanol–water partition coefficient (Wildman–Crippen LogP) is 4.09. The van der Waals surface area contributed by atoms with Crippen LogP contribution in [0.2, 0.25) is 5.02 Å². The lowest BCUT2D eigenvalue weighted by atomic mass is 10.3. The second kappa shape index (κ2) is 5.30. The molecule has 0 fully saturated rings. The maximum Gasteiger partial charge on any atom is 0.0638 e. The fourth-order valence-corrected chi connectivity index (χ4v) is 1.47. The molecule has 1 nitrogen and oxygen atoms in total. The molecule has 0 aliphatic carbocycles. The smallest absolute Gasteiger partial charge is 0.0638 e. The van der Waals surface area contributed by atoms with Crippen LogP contribution < -0.4 is 5.32 Å². The van der Waals surface area contributed by atoms with Crippen LogP contribution in [0.5, 0.6) is 0 Å². The minimum atomic E-state index is 0.743. The molecule has 1 aromatic carbocycles. The van der Waals surface area contributed by atoms with E-state index in [2.05, 4.69) is 21.2 Å². The van der Waals surface area contributed by atoms with Gasteiger partial charge in [-0.05, 0) is 25.1 Å². The number of rotatable bonds is 3. The fourth-order valence-electron chi connectivity index (χ4n) is 0.920. The van der Waals surface area contributed by atoms with E-state index < -0.39 is 0 Å². The minimum absolute atomic E-state index is 0.743. The molecule has 0 radical (unpaired) electrons. The summed E-state index contributed by atoms with van der Waals surface area (Å²) in [6.07, 6.45) is 4.04. The van der Waals surface area contributed by atoms with Crippen molar-refractivity contribution in [1.29, 1.82) is 0 Å². The number of hydrogen-bond acceptors (Lipinski definition) is 1. The SMILES string of the molecule is C/C=C/CNc1cc(Br)ccc1Cl. The first-order chi connectivity index (χ1) is 6.24. The second-order valence-electron chi connectivity index (χ2n) is 2.57. The van der Waals surface area contributed by atoms with E-state index in [-0.39, 0.29) is 0 Å². The zero-order valence-electron chi connectivity index (χ0n) is 7.35. The molecular weight excluding hydrogens is 249 g/mol. The summed E-state index contributed by atoms with van der Waals surface area (Å²) >= 11 is 9.36. The number of allylic oxidation sites excluding steroid dienone is 1. The van der Waals surface area contributed by atoms with Gasteiger partial charge in [0.1, 0.15) is 0 Å². The molecule has 1 rings (SSSR count). The number of halogens is 2. The van der Waals surface area contributed by atoms with Crippen molar-refractivity contribution in [2.24, 2.45) is 0 Å². The topological polar surface area (TPSA) is 12.0 Å². The van der Waals surface area contributed by atoms with E-state index in [0.717, 1.165) is 21.7 Å². The van der Waals surface area contributed by atoms with Gasteiger partial charge in [-0.15, -0.1) is 0 Å². The molecule has 0 heterocycles. The molecule has 0 aromatic heterocycles. The summed E-state index contributed by atoms with van der Waals surface area (Å²) in [4.78, 5) is 0. The van der Waals surface area contributed by atoms with Gasteiger partial charge >= 0.3 is 0 Å². The van der Waals surface area contributed by atoms with E-state index in [1.807, 2.05) is 37.3 Å². The van der Waals surface area contributed by atoms with Crippen molar-refractivity contribution in [3.05, 3.63) is 39.8 Å². The Morgan fingerprint density at radius 3 is 3.00 bits per heavy atom. The van der Waals surface area contributed by atoms with Gasteiger partial charge < -0.3 is 5.32 Å². The lowest BCUT2D eigenvalue weighted by Crippen LogP contribution is -1.98. The van der Waals surface area contributed by atoms with Crippen molar-refractivity contribution in [1.82, 2.24) is 0 Å². The normalized spacial score (nSPS) is 10.7. The summed E-state index contributed by atoms with van der Waals surface area (Å²) in [7, 11) is 0. The predicted molar refractivity (Wildman–Crippen MR) is 62.5 cm³/mol. The van der Waals surface area contributed by atoms with E-state index in [1.54, 1.807) is 0 Å². The van der Waals surface area contributed by atoms with Crippen LogP contribution >= 0.6 is 27.5 Å². The molecule has 0 aliphatic heterocycles. The highest BCUT2D eigenvalue weighted by Gasteiger charge is 1.98. The first-order valence-electron chi connectivity index (χ1n) is 4.04. The van der Waals surface area contributed by atoms with Crippen LogP contribution in [0.15, 0.2) is 34.8 Å².